The van der Waals surface area contributed by atoms with E-state index in [0.717, 1.165) is 0 Å². The third kappa shape index (κ3) is 4.80. The highest BCUT2D eigenvalue weighted by molar-refractivity contribution is 7.89. The largest absolute Gasteiger partial charge is 0.457 e. The molecule has 1 fully saturated rings. The fourth-order valence-electron chi connectivity index (χ4n) is 2.61. The molecule has 0 atom stereocenters. The number of ether oxygens (including phenoxy) is 2. The zero-order valence-electron chi connectivity index (χ0n) is 14.2. The van der Waals surface area contributed by atoms with Crippen molar-refractivity contribution in [2.75, 3.05) is 26.3 Å². The van der Waals surface area contributed by atoms with Crippen LogP contribution in [0.25, 0.3) is 0 Å². The van der Waals surface area contributed by atoms with Crippen LogP contribution in [0.3, 0.4) is 0 Å². The van der Waals surface area contributed by atoms with E-state index in [9.17, 15) is 13.2 Å². The summed E-state index contributed by atoms with van der Waals surface area (Å²) in [7, 11) is -3.74. The molecule has 27 heavy (non-hydrogen) atoms. The van der Waals surface area contributed by atoms with Gasteiger partial charge in [-0.15, -0.1) is 0 Å². The van der Waals surface area contributed by atoms with Crippen LogP contribution in [-0.2, 0) is 26.1 Å². The number of benzene rings is 2. The van der Waals surface area contributed by atoms with Crippen LogP contribution < -0.4 is 0 Å². The Labute approximate surface area is 167 Å². The van der Waals surface area contributed by atoms with E-state index in [1.54, 1.807) is 24.3 Å². The highest BCUT2D eigenvalue weighted by Crippen LogP contribution is 2.24. The highest BCUT2D eigenvalue weighted by atomic mass is 35.5. The quantitative estimate of drug-likeness (QED) is 0.681. The summed E-state index contributed by atoms with van der Waals surface area (Å²) >= 11 is 12.0. The Morgan fingerprint density at radius 3 is 2.56 bits per heavy atom. The third-order valence-electron chi connectivity index (χ3n) is 4.02. The molecule has 0 radical (unpaired) electrons. The summed E-state index contributed by atoms with van der Waals surface area (Å²) in [5.41, 5.74) is 0.706. The molecule has 2 aromatic rings. The Morgan fingerprint density at radius 2 is 1.85 bits per heavy atom. The predicted octanol–water partition coefficient (Wildman–Crippen LogP) is 3.37. The van der Waals surface area contributed by atoms with Gasteiger partial charge in [-0.2, -0.15) is 4.31 Å². The number of hydrogen-bond donors (Lipinski definition) is 0. The Kier molecular flexibility index (Phi) is 6.39. The van der Waals surface area contributed by atoms with E-state index < -0.39 is 16.0 Å². The SMILES string of the molecule is O=C(OCc1cccc(Cl)c1)c1cc(S(=O)(=O)N2CCOCC2)ccc1Cl. The molecule has 0 aromatic heterocycles. The van der Waals surface area contributed by atoms with E-state index in [2.05, 4.69) is 0 Å². The molecule has 1 heterocycles. The van der Waals surface area contributed by atoms with E-state index in [0.29, 0.717) is 23.8 Å². The Bertz CT molecular complexity index is 943. The fraction of sp³-hybridized carbons (Fsp3) is 0.278. The zero-order valence-corrected chi connectivity index (χ0v) is 16.6. The lowest BCUT2D eigenvalue weighted by Gasteiger charge is -2.26. The second-order valence-corrected chi connectivity index (χ2v) is 8.65. The van der Waals surface area contributed by atoms with E-state index in [-0.39, 0.29) is 35.2 Å². The van der Waals surface area contributed by atoms with Crippen LogP contribution >= 0.6 is 23.2 Å². The molecule has 9 heteroatoms. The first-order valence-corrected chi connectivity index (χ1v) is 10.4. The van der Waals surface area contributed by atoms with Gasteiger partial charge in [-0.1, -0.05) is 35.3 Å². The van der Waals surface area contributed by atoms with Gasteiger partial charge in [0.1, 0.15) is 6.61 Å². The normalized spacial score (nSPS) is 15.5. The monoisotopic (exact) mass is 429 g/mol. The second-order valence-electron chi connectivity index (χ2n) is 5.86. The zero-order chi connectivity index (χ0) is 19.4. The first kappa shape index (κ1) is 20.1. The summed E-state index contributed by atoms with van der Waals surface area (Å²) in [6, 6.07) is 10.9. The molecule has 0 aliphatic carbocycles. The molecule has 0 bridgehead atoms. The van der Waals surface area contributed by atoms with Gasteiger partial charge in [-0.3, -0.25) is 0 Å². The van der Waals surface area contributed by atoms with Crippen LogP contribution in [0.2, 0.25) is 10.0 Å². The Morgan fingerprint density at radius 1 is 1.11 bits per heavy atom. The molecule has 0 unspecified atom stereocenters. The minimum atomic E-state index is -3.74. The highest BCUT2D eigenvalue weighted by Gasteiger charge is 2.27. The lowest BCUT2D eigenvalue weighted by Crippen LogP contribution is -2.40. The van der Waals surface area contributed by atoms with Gasteiger partial charge in [0, 0.05) is 18.1 Å². The maximum Gasteiger partial charge on any atom is 0.340 e. The van der Waals surface area contributed by atoms with Crippen molar-refractivity contribution in [3.05, 3.63) is 63.6 Å². The van der Waals surface area contributed by atoms with Crippen molar-refractivity contribution >= 4 is 39.2 Å². The van der Waals surface area contributed by atoms with E-state index >= 15 is 0 Å². The molecule has 1 aliphatic rings. The van der Waals surface area contributed by atoms with Crippen molar-refractivity contribution in [2.45, 2.75) is 11.5 Å². The smallest absolute Gasteiger partial charge is 0.340 e. The van der Waals surface area contributed by atoms with E-state index in [4.69, 9.17) is 32.7 Å². The number of nitrogens with zero attached hydrogens (tertiary/aromatic N) is 1. The summed E-state index contributed by atoms with van der Waals surface area (Å²) in [5, 5.41) is 0.646. The second kappa shape index (κ2) is 8.58. The number of carbonyl (C=O) groups excluding carboxylic acids is 1. The van der Waals surface area contributed by atoms with E-state index in [1.807, 2.05) is 0 Å². The average Bonchev–Trinajstić information content (AvgIpc) is 2.67. The molecule has 2 aromatic carbocycles. The summed E-state index contributed by atoms with van der Waals surface area (Å²) in [6.07, 6.45) is 0. The number of rotatable bonds is 5. The van der Waals surface area contributed by atoms with Crippen molar-refractivity contribution in [3.63, 3.8) is 0 Å². The van der Waals surface area contributed by atoms with Crippen LogP contribution in [0.1, 0.15) is 15.9 Å². The van der Waals surface area contributed by atoms with Crippen LogP contribution in [-0.4, -0.2) is 45.0 Å². The number of halogens is 2. The molecular weight excluding hydrogens is 413 g/mol. The summed E-state index contributed by atoms with van der Waals surface area (Å²) in [6.45, 7) is 1.19. The van der Waals surface area contributed by atoms with Gasteiger partial charge >= 0.3 is 5.97 Å². The van der Waals surface area contributed by atoms with Gasteiger partial charge in [-0.05, 0) is 35.9 Å². The predicted molar refractivity (Wildman–Crippen MR) is 102 cm³/mol. The summed E-state index contributed by atoms with van der Waals surface area (Å²) in [5.74, 6) is -0.709. The number of sulfonamides is 1. The Balaban J connectivity index is 1.79. The number of esters is 1. The molecule has 0 saturated carbocycles. The maximum atomic E-state index is 12.8. The first-order chi connectivity index (χ1) is 12.9. The van der Waals surface area contributed by atoms with Crippen molar-refractivity contribution in [1.82, 2.24) is 4.31 Å². The summed E-state index contributed by atoms with van der Waals surface area (Å²) in [4.78, 5) is 12.4. The molecule has 1 saturated heterocycles. The molecule has 1 aliphatic heterocycles. The molecule has 6 nitrogen and oxygen atoms in total. The minimum Gasteiger partial charge on any atom is -0.457 e. The van der Waals surface area contributed by atoms with Crippen LogP contribution in [0.15, 0.2) is 47.4 Å². The molecule has 144 valence electrons. The van der Waals surface area contributed by atoms with Gasteiger partial charge < -0.3 is 9.47 Å². The van der Waals surface area contributed by atoms with Crippen molar-refractivity contribution in [3.8, 4) is 0 Å². The number of hydrogen-bond acceptors (Lipinski definition) is 5. The molecule has 3 rings (SSSR count). The summed E-state index contributed by atoms with van der Waals surface area (Å²) < 4.78 is 37.3. The molecule has 0 amide bonds. The topological polar surface area (TPSA) is 72.9 Å². The first-order valence-electron chi connectivity index (χ1n) is 8.17. The van der Waals surface area contributed by atoms with Gasteiger partial charge in [-0.25, -0.2) is 13.2 Å². The van der Waals surface area contributed by atoms with Crippen LogP contribution in [0, 0.1) is 0 Å². The lowest BCUT2D eigenvalue weighted by molar-refractivity contribution is 0.0472. The molecule has 0 N–H and O–H groups in total. The van der Waals surface area contributed by atoms with E-state index in [1.165, 1.54) is 22.5 Å². The number of carbonyl (C=O) groups is 1. The van der Waals surface area contributed by atoms with Crippen molar-refractivity contribution < 1.29 is 22.7 Å². The van der Waals surface area contributed by atoms with Crippen molar-refractivity contribution in [1.29, 1.82) is 0 Å². The lowest BCUT2D eigenvalue weighted by atomic mass is 10.2. The number of morpholine rings is 1. The van der Waals surface area contributed by atoms with Gasteiger partial charge in [0.25, 0.3) is 0 Å². The molecule has 0 spiro atoms. The van der Waals surface area contributed by atoms with Crippen LogP contribution in [0.5, 0.6) is 0 Å². The Hall–Kier alpha value is -1.64. The van der Waals surface area contributed by atoms with Gasteiger partial charge in [0.2, 0.25) is 10.0 Å². The van der Waals surface area contributed by atoms with Gasteiger partial charge in [0.05, 0.1) is 28.7 Å². The fourth-order valence-corrected chi connectivity index (χ4v) is 4.45. The minimum absolute atomic E-state index is 0.00381. The van der Waals surface area contributed by atoms with Gasteiger partial charge in [0.15, 0.2) is 0 Å². The average molecular weight is 430 g/mol. The van der Waals surface area contributed by atoms with Crippen LogP contribution in [0.4, 0.5) is 0 Å². The van der Waals surface area contributed by atoms with Crippen molar-refractivity contribution in [2.24, 2.45) is 0 Å². The maximum absolute atomic E-state index is 12.8. The standard InChI is InChI=1S/C18H17Cl2NO5S/c19-14-3-1-2-13(10-14)12-26-18(22)16-11-15(4-5-17(16)20)27(23,24)21-6-8-25-9-7-21/h1-5,10-11H,6-9,12H2. The third-order valence-corrected chi connectivity index (χ3v) is 6.48. The molecular formula is C18H17Cl2NO5S.